The Morgan fingerprint density at radius 1 is 0.362 bits per heavy atom. The van der Waals surface area contributed by atoms with E-state index in [1.165, 1.54) is 20.2 Å². The third-order valence-electron chi connectivity index (χ3n) is 10.7. The van der Waals surface area contributed by atoms with E-state index in [9.17, 15) is 0 Å². The molecule has 274 valence electrons. The Morgan fingerprint density at radius 2 is 0.914 bits per heavy atom. The van der Waals surface area contributed by atoms with E-state index in [-0.39, 0.29) is 0 Å². The first-order valence-corrected chi connectivity index (χ1v) is 20.0. The molecular formula is C50H33N7S. The highest BCUT2D eigenvalue weighted by Gasteiger charge is 2.21. The minimum Gasteiger partial charge on any atom is -0.309 e. The van der Waals surface area contributed by atoms with Crippen molar-refractivity contribution in [2.24, 2.45) is 0 Å². The largest absolute Gasteiger partial charge is 0.309 e. The number of nitrogens with zero attached hydrogens (tertiary/aromatic N) is 7. The third kappa shape index (κ3) is 5.81. The third-order valence-corrected chi connectivity index (χ3v) is 11.8. The van der Waals surface area contributed by atoms with E-state index >= 15 is 0 Å². The topological polar surface area (TPSA) is 82.3 Å². The second-order valence-corrected chi connectivity index (χ2v) is 15.5. The van der Waals surface area contributed by atoms with Crippen LogP contribution < -0.4 is 0 Å². The summed E-state index contributed by atoms with van der Waals surface area (Å²) in [5, 5.41) is 4.77. The second-order valence-electron chi connectivity index (χ2n) is 14.4. The average Bonchev–Trinajstić information content (AvgIpc) is 3.81. The van der Waals surface area contributed by atoms with Crippen LogP contribution in [0.15, 0.2) is 164 Å². The zero-order chi connectivity index (χ0) is 38.7. The molecule has 0 radical (unpaired) electrons. The Kier molecular flexibility index (Phi) is 7.97. The summed E-state index contributed by atoms with van der Waals surface area (Å²) in [6.45, 7) is 3.81. The number of aromatic nitrogens is 7. The summed E-state index contributed by atoms with van der Waals surface area (Å²) in [5.74, 6) is 3.87. The molecule has 0 aliphatic rings. The van der Waals surface area contributed by atoms with Crippen molar-refractivity contribution in [1.82, 2.24) is 34.5 Å². The monoisotopic (exact) mass is 763 g/mol. The Hall–Kier alpha value is -7.42. The summed E-state index contributed by atoms with van der Waals surface area (Å²) in [6, 6.07) is 57.4. The molecule has 0 aliphatic carbocycles. The van der Waals surface area contributed by atoms with Crippen LogP contribution in [-0.2, 0) is 0 Å². The van der Waals surface area contributed by atoms with Gasteiger partial charge in [0.2, 0.25) is 0 Å². The number of fused-ring (bicyclic) bond motifs is 6. The first-order chi connectivity index (χ1) is 28.5. The van der Waals surface area contributed by atoms with Crippen molar-refractivity contribution in [2.75, 3.05) is 0 Å². The zero-order valence-electron chi connectivity index (χ0n) is 31.6. The lowest BCUT2D eigenvalue weighted by atomic mass is 9.99. The molecule has 0 saturated carbocycles. The lowest BCUT2D eigenvalue weighted by molar-refractivity contribution is 0.929. The van der Waals surface area contributed by atoms with Crippen LogP contribution >= 0.6 is 11.3 Å². The maximum atomic E-state index is 5.26. The highest BCUT2D eigenvalue weighted by atomic mass is 32.1. The van der Waals surface area contributed by atoms with E-state index < -0.39 is 0 Å². The van der Waals surface area contributed by atoms with Gasteiger partial charge in [-0.15, -0.1) is 11.3 Å². The van der Waals surface area contributed by atoms with Crippen molar-refractivity contribution in [3.8, 4) is 62.4 Å². The molecule has 7 aromatic carbocycles. The van der Waals surface area contributed by atoms with Crippen LogP contribution in [0.5, 0.6) is 0 Å². The van der Waals surface area contributed by atoms with Crippen LogP contribution in [0.4, 0.5) is 0 Å². The van der Waals surface area contributed by atoms with Gasteiger partial charge in [-0.05, 0) is 73.5 Å². The normalized spacial score (nSPS) is 11.6. The van der Waals surface area contributed by atoms with Gasteiger partial charge in [-0.3, -0.25) is 0 Å². The minimum absolute atomic E-state index is 0.589. The van der Waals surface area contributed by atoms with Gasteiger partial charge >= 0.3 is 0 Å². The molecule has 4 aromatic heterocycles. The highest BCUT2D eigenvalue weighted by molar-refractivity contribution is 7.25. The van der Waals surface area contributed by atoms with Crippen LogP contribution in [0.25, 0.3) is 104 Å². The first-order valence-electron chi connectivity index (χ1n) is 19.2. The van der Waals surface area contributed by atoms with Gasteiger partial charge in [0, 0.05) is 53.2 Å². The maximum absolute atomic E-state index is 5.26. The lowest BCUT2D eigenvalue weighted by Crippen LogP contribution is -2.04. The van der Waals surface area contributed by atoms with Gasteiger partial charge in [0.05, 0.1) is 16.7 Å². The van der Waals surface area contributed by atoms with Crippen LogP contribution in [0.1, 0.15) is 11.6 Å². The molecule has 0 aliphatic heterocycles. The van der Waals surface area contributed by atoms with Gasteiger partial charge < -0.3 is 4.57 Å². The van der Waals surface area contributed by atoms with Crippen LogP contribution in [0, 0.1) is 13.8 Å². The predicted octanol–water partition coefficient (Wildman–Crippen LogP) is 12.5. The zero-order valence-corrected chi connectivity index (χ0v) is 32.4. The molecule has 0 spiro atoms. The van der Waals surface area contributed by atoms with Crippen LogP contribution in [0.2, 0.25) is 0 Å². The number of rotatable bonds is 6. The van der Waals surface area contributed by atoms with Crippen molar-refractivity contribution >= 4 is 53.3 Å². The van der Waals surface area contributed by atoms with E-state index in [1.807, 2.05) is 85.8 Å². The molecule has 8 heteroatoms. The summed E-state index contributed by atoms with van der Waals surface area (Å²) >= 11 is 1.83. The predicted molar refractivity (Wildman–Crippen MR) is 237 cm³/mol. The van der Waals surface area contributed by atoms with E-state index in [0.717, 1.165) is 60.9 Å². The van der Waals surface area contributed by atoms with Crippen LogP contribution in [0.3, 0.4) is 0 Å². The standard InChI is InChI=1S/C50H33N7S/c1-30-51-31(2)53-49(52-30)36-23-26-43-40(28-36)37-17-9-11-19-42(37)57(43)44-25-22-34(35-21-24-39-38-18-10-12-20-45(38)58-46(39)29-35)27-41(44)50-55-47(32-13-5-3-6-14-32)54-48(56-50)33-15-7-4-8-16-33/h3-29H,1-2H3. The fourth-order valence-electron chi connectivity index (χ4n) is 8.04. The Bertz CT molecular complexity index is 3290. The fourth-order valence-corrected chi connectivity index (χ4v) is 9.19. The van der Waals surface area contributed by atoms with Crippen molar-refractivity contribution in [1.29, 1.82) is 0 Å². The van der Waals surface area contributed by atoms with Gasteiger partial charge in [0.15, 0.2) is 23.3 Å². The molecule has 11 aromatic rings. The van der Waals surface area contributed by atoms with E-state index in [1.54, 1.807) is 0 Å². The molecule has 0 unspecified atom stereocenters. The molecule has 0 amide bonds. The summed E-state index contributed by atoms with van der Waals surface area (Å²) in [6.07, 6.45) is 0. The number of benzene rings is 7. The van der Waals surface area contributed by atoms with Crippen molar-refractivity contribution in [2.45, 2.75) is 13.8 Å². The second kappa shape index (κ2) is 13.7. The highest BCUT2D eigenvalue weighted by Crippen LogP contribution is 2.41. The van der Waals surface area contributed by atoms with E-state index in [0.29, 0.717) is 34.9 Å². The Labute approximate surface area is 338 Å². The van der Waals surface area contributed by atoms with Gasteiger partial charge in [0.25, 0.3) is 0 Å². The Morgan fingerprint density at radius 3 is 1.66 bits per heavy atom. The van der Waals surface area contributed by atoms with Crippen molar-refractivity contribution in [3.05, 3.63) is 175 Å². The number of para-hydroxylation sites is 1. The summed E-state index contributed by atoms with van der Waals surface area (Å²) < 4.78 is 4.87. The number of thiophene rings is 1. The minimum atomic E-state index is 0.589. The molecular weight excluding hydrogens is 731 g/mol. The molecule has 11 rings (SSSR count). The SMILES string of the molecule is Cc1nc(C)nc(-c2ccc3c(c2)c2ccccc2n3-c2ccc(-c3ccc4c(c3)sc3ccccc34)cc2-c2nc(-c3ccccc3)nc(-c3ccccc3)n2)n1. The molecule has 0 bridgehead atoms. The fraction of sp³-hybridized carbons (Fsp3) is 0.0400. The maximum Gasteiger partial charge on any atom is 0.166 e. The van der Waals surface area contributed by atoms with Crippen LogP contribution in [-0.4, -0.2) is 34.5 Å². The molecule has 4 heterocycles. The molecule has 0 N–H and O–H groups in total. The summed E-state index contributed by atoms with van der Waals surface area (Å²) in [7, 11) is 0. The smallest absolute Gasteiger partial charge is 0.166 e. The first kappa shape index (κ1) is 33.9. The van der Waals surface area contributed by atoms with Gasteiger partial charge in [-0.1, -0.05) is 115 Å². The molecule has 7 nitrogen and oxygen atoms in total. The van der Waals surface area contributed by atoms with Gasteiger partial charge in [-0.25, -0.2) is 29.9 Å². The molecule has 0 saturated heterocycles. The number of hydrogen-bond donors (Lipinski definition) is 0. The summed E-state index contributed by atoms with van der Waals surface area (Å²) in [5.41, 5.74) is 8.95. The summed E-state index contributed by atoms with van der Waals surface area (Å²) in [4.78, 5) is 29.4. The van der Waals surface area contributed by atoms with Crippen molar-refractivity contribution in [3.63, 3.8) is 0 Å². The van der Waals surface area contributed by atoms with Gasteiger partial charge in [-0.2, -0.15) is 0 Å². The number of hydrogen-bond acceptors (Lipinski definition) is 7. The molecule has 0 fully saturated rings. The van der Waals surface area contributed by atoms with E-state index in [2.05, 4.69) is 113 Å². The van der Waals surface area contributed by atoms with Crippen molar-refractivity contribution < 1.29 is 0 Å². The Balaban J connectivity index is 1.18. The molecule has 58 heavy (non-hydrogen) atoms. The lowest BCUT2D eigenvalue weighted by Gasteiger charge is -2.16. The molecule has 0 atom stereocenters. The number of aryl methyl sites for hydroxylation is 2. The van der Waals surface area contributed by atoms with Gasteiger partial charge in [0.1, 0.15) is 11.6 Å². The average molecular weight is 764 g/mol. The van der Waals surface area contributed by atoms with E-state index in [4.69, 9.17) is 24.9 Å². The quantitative estimate of drug-likeness (QED) is 0.168.